The maximum absolute atomic E-state index is 12.8. The van der Waals surface area contributed by atoms with Gasteiger partial charge in [-0.25, -0.2) is 4.79 Å². The minimum absolute atomic E-state index is 0.0738. The van der Waals surface area contributed by atoms with Crippen LogP contribution in [0.5, 0.6) is 0 Å². The molecule has 0 saturated carbocycles. The molecule has 152 valence electrons. The maximum Gasteiger partial charge on any atom is 0.411 e. The Labute approximate surface area is 159 Å². The average Bonchev–Trinajstić information content (AvgIpc) is 3.07. The van der Waals surface area contributed by atoms with Crippen molar-refractivity contribution in [3.8, 4) is 0 Å². The number of amides is 4. The molecule has 2 heterocycles. The first-order chi connectivity index (χ1) is 12.4. The molecule has 0 aliphatic carbocycles. The van der Waals surface area contributed by atoms with Gasteiger partial charge in [-0.2, -0.15) is 0 Å². The van der Waals surface area contributed by atoms with Crippen LogP contribution < -0.4 is 5.32 Å². The zero-order valence-electron chi connectivity index (χ0n) is 16.8. The second kappa shape index (κ2) is 7.84. The number of nitrogens with one attached hydrogen (secondary N) is 1. The van der Waals surface area contributed by atoms with Crippen molar-refractivity contribution in [2.45, 2.75) is 77.3 Å². The van der Waals surface area contributed by atoms with Gasteiger partial charge in [0, 0.05) is 19.6 Å². The van der Waals surface area contributed by atoms with Gasteiger partial charge < -0.3 is 14.8 Å². The lowest BCUT2D eigenvalue weighted by atomic mass is 10.1. The molecule has 2 saturated heterocycles. The highest BCUT2D eigenvalue weighted by molar-refractivity contribution is 6.07. The molecule has 0 aromatic rings. The van der Waals surface area contributed by atoms with Gasteiger partial charge in [0.25, 0.3) is 5.91 Å². The second-order valence-electron chi connectivity index (χ2n) is 8.20. The Bertz CT molecular complexity index is 627. The first kappa shape index (κ1) is 21.1. The van der Waals surface area contributed by atoms with Crippen LogP contribution in [0, 0.1) is 0 Å². The summed E-state index contributed by atoms with van der Waals surface area (Å²) in [5, 5.41) is 2.62. The molecule has 2 rings (SSSR count). The maximum atomic E-state index is 12.8. The van der Waals surface area contributed by atoms with E-state index in [9.17, 15) is 19.2 Å². The lowest BCUT2D eigenvalue weighted by Crippen LogP contribution is -2.51. The summed E-state index contributed by atoms with van der Waals surface area (Å²) < 4.78 is 10.7. The number of hydrogen-bond donors (Lipinski definition) is 1. The number of likely N-dealkylation sites (tertiary alicyclic amines) is 2. The first-order valence-electron chi connectivity index (χ1n) is 9.13. The molecule has 3 atom stereocenters. The van der Waals surface area contributed by atoms with E-state index in [-0.39, 0.29) is 31.0 Å². The van der Waals surface area contributed by atoms with Gasteiger partial charge in [-0.05, 0) is 34.6 Å². The van der Waals surface area contributed by atoms with Crippen molar-refractivity contribution >= 4 is 23.8 Å². The zero-order valence-corrected chi connectivity index (χ0v) is 16.8. The molecule has 1 N–H and O–H groups in total. The van der Waals surface area contributed by atoms with Crippen LogP contribution in [0.4, 0.5) is 4.79 Å². The molecular formula is C18H29N3O6. The number of ether oxygens (including phenoxy) is 2. The molecule has 0 spiro atoms. The minimum Gasteiger partial charge on any atom is -0.444 e. The molecule has 0 unspecified atom stereocenters. The van der Waals surface area contributed by atoms with Crippen LogP contribution in [0.1, 0.15) is 47.5 Å². The van der Waals surface area contributed by atoms with Crippen LogP contribution in [0.2, 0.25) is 0 Å². The first-order valence-corrected chi connectivity index (χ1v) is 9.13. The van der Waals surface area contributed by atoms with Gasteiger partial charge >= 0.3 is 6.09 Å². The molecule has 0 aromatic heterocycles. The molecule has 9 nitrogen and oxygen atoms in total. The zero-order chi connectivity index (χ0) is 20.5. The number of rotatable bonds is 4. The number of imide groups is 1. The Hall–Kier alpha value is -2.16. The SMILES string of the molecule is CO[C@H]1C[C@H](C(=O)N[C@H]2CC(=O)N(C(C)C)C2=O)N(C(=O)OC(C)(C)C)C1. The third-order valence-electron chi connectivity index (χ3n) is 4.54. The van der Waals surface area contributed by atoms with Crippen molar-refractivity contribution in [1.29, 1.82) is 0 Å². The highest BCUT2D eigenvalue weighted by Crippen LogP contribution is 2.24. The summed E-state index contributed by atoms with van der Waals surface area (Å²) in [5.74, 6) is -1.23. The van der Waals surface area contributed by atoms with E-state index in [0.29, 0.717) is 6.42 Å². The fourth-order valence-corrected chi connectivity index (χ4v) is 3.31. The molecule has 0 aromatic carbocycles. The largest absolute Gasteiger partial charge is 0.444 e. The monoisotopic (exact) mass is 383 g/mol. The van der Waals surface area contributed by atoms with Crippen molar-refractivity contribution in [2.24, 2.45) is 0 Å². The molecule has 27 heavy (non-hydrogen) atoms. The van der Waals surface area contributed by atoms with Crippen LogP contribution in [0.15, 0.2) is 0 Å². The molecule has 2 aliphatic rings. The van der Waals surface area contributed by atoms with Crippen LogP contribution in [-0.4, -0.2) is 77.1 Å². The highest BCUT2D eigenvalue weighted by Gasteiger charge is 2.45. The van der Waals surface area contributed by atoms with Crippen LogP contribution in [0.25, 0.3) is 0 Å². The fourth-order valence-electron chi connectivity index (χ4n) is 3.31. The summed E-state index contributed by atoms with van der Waals surface area (Å²) in [6.45, 7) is 8.93. The molecule has 0 radical (unpaired) electrons. The predicted molar refractivity (Wildman–Crippen MR) is 95.7 cm³/mol. The van der Waals surface area contributed by atoms with Crippen molar-refractivity contribution in [3.63, 3.8) is 0 Å². The number of carbonyl (C=O) groups is 4. The normalized spacial score (nSPS) is 26.1. The predicted octanol–water partition coefficient (Wildman–Crippen LogP) is 0.663. The average molecular weight is 383 g/mol. The highest BCUT2D eigenvalue weighted by atomic mass is 16.6. The minimum atomic E-state index is -0.908. The van der Waals surface area contributed by atoms with Gasteiger partial charge in [-0.1, -0.05) is 0 Å². The summed E-state index contributed by atoms with van der Waals surface area (Å²) >= 11 is 0. The van der Waals surface area contributed by atoms with Crippen molar-refractivity contribution in [3.05, 3.63) is 0 Å². The van der Waals surface area contributed by atoms with Gasteiger partial charge in [-0.15, -0.1) is 0 Å². The summed E-state index contributed by atoms with van der Waals surface area (Å²) in [6, 6.07) is -2.00. The Balaban J connectivity index is 2.10. The van der Waals surface area contributed by atoms with Gasteiger partial charge in [0.2, 0.25) is 11.8 Å². The lowest BCUT2D eigenvalue weighted by molar-refractivity contribution is -0.141. The van der Waals surface area contributed by atoms with Crippen LogP contribution >= 0.6 is 0 Å². The summed E-state index contributed by atoms with van der Waals surface area (Å²) in [5.41, 5.74) is -0.700. The number of hydrogen-bond acceptors (Lipinski definition) is 6. The quantitative estimate of drug-likeness (QED) is 0.715. The molecule has 9 heteroatoms. The third kappa shape index (κ3) is 4.77. The van der Waals surface area contributed by atoms with E-state index in [4.69, 9.17) is 9.47 Å². The number of nitrogens with zero attached hydrogens (tertiary/aromatic N) is 2. The van der Waals surface area contributed by atoms with E-state index >= 15 is 0 Å². The summed E-state index contributed by atoms with van der Waals surface area (Å²) in [7, 11) is 1.51. The molecule has 0 bridgehead atoms. The molecular weight excluding hydrogens is 354 g/mol. The Morgan fingerprint density at radius 1 is 1.22 bits per heavy atom. The smallest absolute Gasteiger partial charge is 0.411 e. The Morgan fingerprint density at radius 3 is 2.33 bits per heavy atom. The number of carbonyl (C=O) groups excluding carboxylic acids is 4. The van der Waals surface area contributed by atoms with E-state index in [0.717, 1.165) is 4.90 Å². The second-order valence-corrected chi connectivity index (χ2v) is 8.20. The van der Waals surface area contributed by atoms with Gasteiger partial charge in [-0.3, -0.25) is 24.2 Å². The summed E-state index contributed by atoms with van der Waals surface area (Å²) in [6.07, 6.45) is -0.693. The van der Waals surface area contributed by atoms with E-state index in [1.54, 1.807) is 34.6 Å². The van der Waals surface area contributed by atoms with Crippen LogP contribution in [-0.2, 0) is 23.9 Å². The van der Waals surface area contributed by atoms with E-state index in [2.05, 4.69) is 5.32 Å². The van der Waals surface area contributed by atoms with E-state index in [1.807, 2.05) is 0 Å². The Kier molecular flexibility index (Phi) is 6.14. The van der Waals surface area contributed by atoms with Crippen molar-refractivity contribution in [2.75, 3.05) is 13.7 Å². The topological polar surface area (TPSA) is 105 Å². The van der Waals surface area contributed by atoms with Gasteiger partial charge in [0.15, 0.2) is 0 Å². The Morgan fingerprint density at radius 2 is 1.85 bits per heavy atom. The van der Waals surface area contributed by atoms with Crippen molar-refractivity contribution in [1.82, 2.24) is 15.1 Å². The molecule has 2 aliphatic heterocycles. The van der Waals surface area contributed by atoms with Crippen LogP contribution in [0.3, 0.4) is 0 Å². The number of methoxy groups -OCH3 is 1. The van der Waals surface area contributed by atoms with Gasteiger partial charge in [0.1, 0.15) is 17.7 Å². The molecule has 4 amide bonds. The lowest BCUT2D eigenvalue weighted by Gasteiger charge is -2.28. The standard InChI is InChI=1S/C18H29N3O6/c1-10(2)21-14(22)8-12(16(21)24)19-15(23)13-7-11(26-6)9-20(13)17(25)27-18(3,4)5/h10-13H,7-9H2,1-6H3,(H,19,23)/t11-,12-,13+/m0/s1. The van der Waals surface area contributed by atoms with Crippen molar-refractivity contribution < 1.29 is 28.7 Å². The van der Waals surface area contributed by atoms with E-state index in [1.165, 1.54) is 12.0 Å². The van der Waals surface area contributed by atoms with E-state index < -0.39 is 35.6 Å². The molecule has 2 fully saturated rings. The third-order valence-corrected chi connectivity index (χ3v) is 4.54. The summed E-state index contributed by atoms with van der Waals surface area (Å²) in [4.78, 5) is 52.1. The fraction of sp³-hybridized carbons (Fsp3) is 0.778. The van der Waals surface area contributed by atoms with Gasteiger partial charge in [0.05, 0.1) is 19.1 Å².